The number of rotatable bonds is 5. The van der Waals surface area contributed by atoms with Crippen molar-refractivity contribution in [2.24, 2.45) is 0 Å². The third kappa shape index (κ3) is 4.36. The van der Waals surface area contributed by atoms with E-state index in [0.29, 0.717) is 17.3 Å². The molecule has 0 fully saturated rings. The summed E-state index contributed by atoms with van der Waals surface area (Å²) < 4.78 is 10.2. The molecule has 110 valence electrons. The van der Waals surface area contributed by atoms with Crippen molar-refractivity contribution >= 4 is 17.5 Å². The Morgan fingerprint density at radius 1 is 1.38 bits per heavy atom. The van der Waals surface area contributed by atoms with Crippen LogP contribution in [0.25, 0.3) is 0 Å². The van der Waals surface area contributed by atoms with Crippen LogP contribution in [-0.4, -0.2) is 12.5 Å². The number of amides is 1. The molecule has 0 aliphatic carbocycles. The summed E-state index contributed by atoms with van der Waals surface area (Å²) >= 11 is 5.85. The van der Waals surface area contributed by atoms with E-state index in [-0.39, 0.29) is 23.7 Å². The van der Waals surface area contributed by atoms with Crippen LogP contribution in [0, 0.1) is 6.92 Å². The molecule has 5 nitrogen and oxygen atoms in total. The number of ether oxygens (including phenoxy) is 1. The molecule has 0 aliphatic heterocycles. The number of aryl methyl sites for hydroxylation is 1. The predicted octanol–water partition coefficient (Wildman–Crippen LogP) is 2.30. The molecule has 1 N–H and O–H groups in total. The summed E-state index contributed by atoms with van der Waals surface area (Å²) in [6.45, 7) is 1.68. The van der Waals surface area contributed by atoms with Gasteiger partial charge in [0, 0.05) is 17.6 Å². The lowest BCUT2D eigenvalue weighted by Crippen LogP contribution is -2.29. The number of halogens is 1. The molecule has 0 saturated heterocycles. The van der Waals surface area contributed by atoms with Crippen molar-refractivity contribution in [3.63, 3.8) is 0 Å². The molecule has 0 bridgehead atoms. The average molecular weight is 308 g/mol. The van der Waals surface area contributed by atoms with Crippen molar-refractivity contribution in [2.45, 2.75) is 13.5 Å². The number of nitrogens with one attached hydrogen (secondary N) is 1. The summed E-state index contributed by atoms with van der Waals surface area (Å²) in [6, 6.07) is 8.42. The van der Waals surface area contributed by atoms with E-state index in [2.05, 4.69) is 5.32 Å². The molecule has 0 spiro atoms. The van der Waals surface area contributed by atoms with Gasteiger partial charge in [0.2, 0.25) is 11.2 Å². The zero-order valence-electron chi connectivity index (χ0n) is 11.4. The number of carbonyl (C=O) groups is 1. The summed E-state index contributed by atoms with van der Waals surface area (Å²) in [4.78, 5) is 23.2. The molecule has 1 aromatic heterocycles. The number of benzene rings is 1. The van der Waals surface area contributed by atoms with E-state index in [4.69, 9.17) is 20.8 Å². The second-order valence-corrected chi connectivity index (χ2v) is 4.80. The molecule has 0 atom stereocenters. The van der Waals surface area contributed by atoms with Crippen LogP contribution in [0.15, 0.2) is 45.8 Å². The van der Waals surface area contributed by atoms with Gasteiger partial charge in [-0.15, -0.1) is 0 Å². The van der Waals surface area contributed by atoms with Crippen molar-refractivity contribution in [3.8, 4) is 5.75 Å². The van der Waals surface area contributed by atoms with Gasteiger partial charge in [-0.3, -0.25) is 9.59 Å². The Balaban J connectivity index is 1.87. The SMILES string of the molecule is Cc1occc(=O)c1OCC(=O)NCc1cccc(Cl)c1. The second kappa shape index (κ2) is 6.95. The first-order chi connectivity index (χ1) is 10.1. The van der Waals surface area contributed by atoms with Crippen LogP contribution in [0.1, 0.15) is 11.3 Å². The van der Waals surface area contributed by atoms with E-state index in [0.717, 1.165) is 5.56 Å². The Labute approximate surface area is 126 Å². The molecule has 6 heteroatoms. The Bertz CT molecular complexity index is 696. The van der Waals surface area contributed by atoms with E-state index in [1.165, 1.54) is 12.3 Å². The normalized spacial score (nSPS) is 10.2. The van der Waals surface area contributed by atoms with E-state index >= 15 is 0 Å². The largest absolute Gasteiger partial charge is 0.476 e. The van der Waals surface area contributed by atoms with Crippen LogP contribution in [0.4, 0.5) is 0 Å². The molecule has 0 unspecified atom stereocenters. The monoisotopic (exact) mass is 307 g/mol. The smallest absolute Gasteiger partial charge is 0.258 e. The van der Waals surface area contributed by atoms with Gasteiger partial charge in [0.05, 0.1) is 6.26 Å². The van der Waals surface area contributed by atoms with E-state index in [1.54, 1.807) is 25.1 Å². The molecule has 2 aromatic rings. The maximum atomic E-state index is 11.7. The van der Waals surface area contributed by atoms with Gasteiger partial charge in [-0.2, -0.15) is 0 Å². The number of hydrogen-bond acceptors (Lipinski definition) is 4. The van der Waals surface area contributed by atoms with Crippen LogP contribution >= 0.6 is 11.6 Å². The average Bonchev–Trinajstić information content (AvgIpc) is 2.45. The second-order valence-electron chi connectivity index (χ2n) is 4.37. The molecule has 21 heavy (non-hydrogen) atoms. The van der Waals surface area contributed by atoms with Gasteiger partial charge in [0.25, 0.3) is 5.91 Å². The molecular weight excluding hydrogens is 294 g/mol. The van der Waals surface area contributed by atoms with Crippen LogP contribution in [0.2, 0.25) is 5.02 Å². The van der Waals surface area contributed by atoms with Gasteiger partial charge >= 0.3 is 0 Å². The number of hydrogen-bond donors (Lipinski definition) is 1. The summed E-state index contributed by atoms with van der Waals surface area (Å²) in [5.41, 5.74) is 0.563. The highest BCUT2D eigenvalue weighted by atomic mass is 35.5. The maximum absolute atomic E-state index is 11.7. The highest BCUT2D eigenvalue weighted by Crippen LogP contribution is 2.11. The Morgan fingerprint density at radius 2 is 2.19 bits per heavy atom. The van der Waals surface area contributed by atoms with Crippen LogP contribution < -0.4 is 15.5 Å². The van der Waals surface area contributed by atoms with Gasteiger partial charge in [0.1, 0.15) is 5.76 Å². The minimum absolute atomic E-state index is 0.0513. The number of carbonyl (C=O) groups excluding carboxylic acids is 1. The molecule has 1 aromatic carbocycles. The zero-order valence-corrected chi connectivity index (χ0v) is 12.1. The topological polar surface area (TPSA) is 68.5 Å². The van der Waals surface area contributed by atoms with Crippen molar-refractivity contribution in [1.29, 1.82) is 0 Å². The minimum atomic E-state index is -0.336. The predicted molar refractivity (Wildman–Crippen MR) is 78.5 cm³/mol. The highest BCUT2D eigenvalue weighted by Gasteiger charge is 2.09. The van der Waals surface area contributed by atoms with Crippen molar-refractivity contribution < 1.29 is 13.9 Å². The third-order valence-corrected chi connectivity index (χ3v) is 2.97. The lowest BCUT2D eigenvalue weighted by Gasteiger charge is -2.08. The Hall–Kier alpha value is -2.27. The quantitative estimate of drug-likeness (QED) is 0.920. The molecule has 0 aliphatic rings. The van der Waals surface area contributed by atoms with Gasteiger partial charge in [0.15, 0.2) is 6.61 Å². The zero-order chi connectivity index (χ0) is 15.2. The first-order valence-corrected chi connectivity index (χ1v) is 6.66. The van der Waals surface area contributed by atoms with Gasteiger partial charge in [-0.1, -0.05) is 23.7 Å². The lowest BCUT2D eigenvalue weighted by atomic mass is 10.2. The minimum Gasteiger partial charge on any atom is -0.476 e. The molecule has 1 heterocycles. The van der Waals surface area contributed by atoms with Crippen LogP contribution in [0.5, 0.6) is 5.75 Å². The van der Waals surface area contributed by atoms with E-state index < -0.39 is 0 Å². The standard InChI is InChI=1S/C15H14ClNO4/c1-10-15(13(18)5-6-20-10)21-9-14(19)17-8-11-3-2-4-12(16)7-11/h2-7H,8-9H2,1H3,(H,17,19). The van der Waals surface area contributed by atoms with Gasteiger partial charge in [-0.05, 0) is 24.6 Å². The van der Waals surface area contributed by atoms with E-state index in [9.17, 15) is 9.59 Å². The Morgan fingerprint density at radius 3 is 2.90 bits per heavy atom. The fraction of sp³-hybridized carbons (Fsp3) is 0.200. The van der Waals surface area contributed by atoms with Crippen molar-refractivity contribution in [2.75, 3.05) is 6.61 Å². The van der Waals surface area contributed by atoms with Crippen molar-refractivity contribution in [1.82, 2.24) is 5.32 Å². The fourth-order valence-electron chi connectivity index (χ4n) is 1.71. The van der Waals surface area contributed by atoms with E-state index in [1.807, 2.05) is 6.07 Å². The molecule has 0 radical (unpaired) electrons. The summed E-state index contributed by atoms with van der Waals surface area (Å²) in [6.07, 6.45) is 1.28. The van der Waals surface area contributed by atoms with Gasteiger partial charge < -0.3 is 14.5 Å². The highest BCUT2D eigenvalue weighted by molar-refractivity contribution is 6.30. The summed E-state index contributed by atoms with van der Waals surface area (Å²) in [7, 11) is 0. The van der Waals surface area contributed by atoms with Crippen LogP contribution in [0.3, 0.4) is 0 Å². The molecular formula is C15H14ClNO4. The molecule has 2 rings (SSSR count). The first kappa shape index (κ1) is 15.1. The van der Waals surface area contributed by atoms with Crippen molar-refractivity contribution in [3.05, 3.63) is 63.2 Å². The molecule has 0 saturated carbocycles. The fourth-order valence-corrected chi connectivity index (χ4v) is 1.92. The summed E-state index contributed by atoms with van der Waals surface area (Å²) in [5.74, 6) is 0.0539. The third-order valence-electron chi connectivity index (χ3n) is 2.73. The Kier molecular flexibility index (Phi) is 5.00. The maximum Gasteiger partial charge on any atom is 0.258 e. The first-order valence-electron chi connectivity index (χ1n) is 6.28. The summed E-state index contributed by atoms with van der Waals surface area (Å²) in [5, 5.41) is 3.29. The van der Waals surface area contributed by atoms with Gasteiger partial charge in [-0.25, -0.2) is 0 Å². The molecule has 1 amide bonds. The van der Waals surface area contributed by atoms with Crippen LogP contribution in [-0.2, 0) is 11.3 Å². The lowest BCUT2D eigenvalue weighted by molar-refractivity contribution is -0.123.